The number of fused-ring (bicyclic) bond motifs is 1. The molecule has 0 aliphatic rings. The summed E-state index contributed by atoms with van der Waals surface area (Å²) < 4.78 is 1.13. The molecule has 0 atom stereocenters. The molecule has 1 heterocycles. The lowest BCUT2D eigenvalue weighted by Crippen LogP contribution is -2.11. The van der Waals surface area contributed by atoms with Crippen molar-refractivity contribution < 1.29 is 4.79 Å². The van der Waals surface area contributed by atoms with Crippen LogP contribution in [-0.4, -0.2) is 5.91 Å². The number of carbonyl (C=O) groups is 1. The topological polar surface area (TPSA) is 55.1 Å². The number of nitrogen functional groups attached to an aromatic ring is 1. The van der Waals surface area contributed by atoms with Gasteiger partial charge in [-0.15, -0.1) is 11.3 Å². The first-order chi connectivity index (χ1) is 10.0. The number of carbonyl (C=O) groups excluding carboxylic acids is 1. The minimum atomic E-state index is -0.121. The molecule has 0 spiro atoms. The number of hydrogen-bond acceptors (Lipinski definition) is 3. The summed E-state index contributed by atoms with van der Waals surface area (Å²) in [6.45, 7) is 4.16. The predicted molar refractivity (Wildman–Crippen MR) is 90.1 cm³/mol. The highest BCUT2D eigenvalue weighted by molar-refractivity contribution is 7.20. The third-order valence-corrected chi connectivity index (χ3v) is 4.66. The van der Waals surface area contributed by atoms with E-state index in [-0.39, 0.29) is 5.91 Å². The fraction of sp³-hybridized carbons (Fsp3) is 0.118. The van der Waals surface area contributed by atoms with E-state index in [1.165, 1.54) is 22.5 Å². The lowest BCUT2D eigenvalue weighted by Gasteiger charge is -2.05. The van der Waals surface area contributed by atoms with E-state index in [4.69, 9.17) is 5.73 Å². The van der Waals surface area contributed by atoms with Crippen LogP contribution in [0.2, 0.25) is 0 Å². The highest BCUT2D eigenvalue weighted by Crippen LogP contribution is 2.29. The van der Waals surface area contributed by atoms with E-state index < -0.39 is 0 Å². The number of amides is 1. The zero-order valence-electron chi connectivity index (χ0n) is 11.9. The SMILES string of the molecule is Cc1cc2cc(C(=O)Nc3ccccc3N)sc2cc1C. The maximum absolute atomic E-state index is 12.3. The lowest BCUT2D eigenvalue weighted by atomic mass is 10.1. The molecule has 0 fully saturated rings. The summed E-state index contributed by atoms with van der Waals surface area (Å²) in [6.07, 6.45) is 0. The van der Waals surface area contributed by atoms with Crippen molar-refractivity contribution in [2.24, 2.45) is 0 Å². The lowest BCUT2D eigenvalue weighted by molar-refractivity contribution is 0.103. The summed E-state index contributed by atoms with van der Waals surface area (Å²) in [5.74, 6) is -0.121. The molecular formula is C17H16N2OS. The van der Waals surface area contributed by atoms with Crippen LogP contribution < -0.4 is 11.1 Å². The summed E-state index contributed by atoms with van der Waals surface area (Å²) in [4.78, 5) is 13.0. The van der Waals surface area contributed by atoms with Crippen LogP contribution in [0, 0.1) is 13.8 Å². The molecule has 0 bridgehead atoms. The number of anilines is 2. The van der Waals surface area contributed by atoms with Gasteiger partial charge in [-0.3, -0.25) is 4.79 Å². The van der Waals surface area contributed by atoms with Gasteiger partial charge in [-0.1, -0.05) is 18.2 Å². The van der Waals surface area contributed by atoms with Crippen LogP contribution in [0.4, 0.5) is 11.4 Å². The Morgan fingerprint density at radius 2 is 1.81 bits per heavy atom. The third-order valence-electron chi connectivity index (χ3n) is 3.57. The number of hydrogen-bond donors (Lipinski definition) is 2. The fourth-order valence-corrected chi connectivity index (χ4v) is 3.25. The van der Waals surface area contributed by atoms with Crippen molar-refractivity contribution in [2.45, 2.75) is 13.8 Å². The first-order valence-electron chi connectivity index (χ1n) is 6.71. The Kier molecular flexibility index (Phi) is 3.39. The monoisotopic (exact) mass is 296 g/mol. The second-order valence-corrected chi connectivity index (χ2v) is 6.21. The van der Waals surface area contributed by atoms with Gasteiger partial charge in [0.05, 0.1) is 16.3 Å². The van der Waals surface area contributed by atoms with Crippen LogP contribution in [0.15, 0.2) is 42.5 Å². The van der Waals surface area contributed by atoms with Crippen molar-refractivity contribution in [3.05, 3.63) is 58.5 Å². The number of benzene rings is 2. The van der Waals surface area contributed by atoms with Gasteiger partial charge in [0.2, 0.25) is 0 Å². The first kappa shape index (κ1) is 13.6. The van der Waals surface area contributed by atoms with Gasteiger partial charge in [0.25, 0.3) is 5.91 Å². The maximum atomic E-state index is 12.3. The van der Waals surface area contributed by atoms with Crippen LogP contribution in [-0.2, 0) is 0 Å². The summed E-state index contributed by atoms with van der Waals surface area (Å²) in [6, 6.07) is 13.4. The fourth-order valence-electron chi connectivity index (χ4n) is 2.21. The summed E-state index contributed by atoms with van der Waals surface area (Å²) in [7, 11) is 0. The van der Waals surface area contributed by atoms with Gasteiger partial charge >= 0.3 is 0 Å². The number of thiophene rings is 1. The largest absolute Gasteiger partial charge is 0.397 e. The van der Waals surface area contributed by atoms with Gasteiger partial charge in [-0.2, -0.15) is 0 Å². The van der Waals surface area contributed by atoms with E-state index in [0.717, 1.165) is 10.1 Å². The molecule has 3 rings (SSSR count). The van der Waals surface area contributed by atoms with E-state index in [2.05, 4.69) is 31.3 Å². The Hall–Kier alpha value is -2.33. The zero-order valence-corrected chi connectivity index (χ0v) is 12.8. The van der Waals surface area contributed by atoms with E-state index in [9.17, 15) is 4.79 Å². The second-order valence-electron chi connectivity index (χ2n) is 5.13. The molecule has 3 aromatic rings. The van der Waals surface area contributed by atoms with E-state index in [1.807, 2.05) is 18.2 Å². The minimum Gasteiger partial charge on any atom is -0.397 e. The standard InChI is InChI=1S/C17H16N2OS/c1-10-7-12-9-16(21-15(12)8-11(10)2)17(20)19-14-6-4-3-5-13(14)18/h3-9H,18H2,1-2H3,(H,19,20). The van der Waals surface area contributed by atoms with Crippen molar-refractivity contribution >= 4 is 38.7 Å². The Morgan fingerprint density at radius 3 is 2.57 bits per heavy atom. The van der Waals surface area contributed by atoms with Crippen LogP contribution in [0.3, 0.4) is 0 Å². The maximum Gasteiger partial charge on any atom is 0.265 e. The molecule has 3 N–H and O–H groups in total. The van der Waals surface area contributed by atoms with E-state index in [0.29, 0.717) is 16.3 Å². The van der Waals surface area contributed by atoms with Gasteiger partial charge in [0, 0.05) is 4.70 Å². The smallest absolute Gasteiger partial charge is 0.265 e. The molecule has 0 radical (unpaired) electrons. The Labute approximate surface area is 127 Å². The van der Waals surface area contributed by atoms with Crippen LogP contribution >= 0.6 is 11.3 Å². The van der Waals surface area contributed by atoms with Crippen LogP contribution in [0.5, 0.6) is 0 Å². The molecule has 0 aliphatic carbocycles. The van der Waals surface area contributed by atoms with Crippen molar-refractivity contribution in [1.82, 2.24) is 0 Å². The van der Waals surface area contributed by atoms with Crippen molar-refractivity contribution in [1.29, 1.82) is 0 Å². The van der Waals surface area contributed by atoms with E-state index >= 15 is 0 Å². The third kappa shape index (κ3) is 2.62. The molecule has 2 aromatic carbocycles. The molecule has 21 heavy (non-hydrogen) atoms. The van der Waals surface area contributed by atoms with Gasteiger partial charge in [-0.25, -0.2) is 0 Å². The molecule has 1 aromatic heterocycles. The molecule has 0 saturated carbocycles. The Balaban J connectivity index is 1.93. The minimum absolute atomic E-state index is 0.121. The highest BCUT2D eigenvalue weighted by Gasteiger charge is 2.12. The molecule has 0 aliphatic heterocycles. The molecule has 3 nitrogen and oxygen atoms in total. The Morgan fingerprint density at radius 1 is 1.10 bits per heavy atom. The van der Waals surface area contributed by atoms with Gasteiger partial charge < -0.3 is 11.1 Å². The average Bonchev–Trinajstić information content (AvgIpc) is 2.85. The number of rotatable bonds is 2. The van der Waals surface area contributed by atoms with Crippen molar-refractivity contribution in [3.63, 3.8) is 0 Å². The van der Waals surface area contributed by atoms with Crippen molar-refractivity contribution in [3.8, 4) is 0 Å². The molecule has 4 heteroatoms. The average molecular weight is 296 g/mol. The van der Waals surface area contributed by atoms with Gasteiger partial charge in [-0.05, 0) is 54.6 Å². The number of para-hydroxylation sites is 2. The number of nitrogens with one attached hydrogen (secondary N) is 1. The molecular weight excluding hydrogens is 280 g/mol. The summed E-state index contributed by atoms with van der Waals surface area (Å²) >= 11 is 1.50. The number of aryl methyl sites for hydroxylation is 2. The zero-order chi connectivity index (χ0) is 15.0. The molecule has 0 unspecified atom stereocenters. The highest BCUT2D eigenvalue weighted by atomic mass is 32.1. The second kappa shape index (κ2) is 5.22. The van der Waals surface area contributed by atoms with Crippen LogP contribution in [0.25, 0.3) is 10.1 Å². The van der Waals surface area contributed by atoms with Gasteiger partial charge in [0.1, 0.15) is 0 Å². The first-order valence-corrected chi connectivity index (χ1v) is 7.53. The summed E-state index contributed by atoms with van der Waals surface area (Å²) in [5, 5.41) is 3.97. The summed E-state index contributed by atoms with van der Waals surface area (Å²) in [5.41, 5.74) is 9.54. The van der Waals surface area contributed by atoms with E-state index in [1.54, 1.807) is 12.1 Å². The normalized spacial score (nSPS) is 10.8. The Bertz CT molecular complexity index is 797. The molecule has 106 valence electrons. The molecule has 0 saturated heterocycles. The van der Waals surface area contributed by atoms with Crippen molar-refractivity contribution in [2.75, 3.05) is 11.1 Å². The molecule has 1 amide bonds. The predicted octanol–water partition coefficient (Wildman–Crippen LogP) is 4.35. The quantitative estimate of drug-likeness (QED) is 0.691. The van der Waals surface area contributed by atoms with Gasteiger partial charge in [0.15, 0.2) is 0 Å². The number of nitrogens with two attached hydrogens (primary N) is 1. The van der Waals surface area contributed by atoms with Crippen LogP contribution in [0.1, 0.15) is 20.8 Å².